The Balaban J connectivity index is 2.36. The molecule has 3 nitrogen and oxygen atoms in total. The molecule has 2 aromatic rings. The second-order valence-corrected chi connectivity index (χ2v) is 5.99. The summed E-state index contributed by atoms with van der Waals surface area (Å²) in [6.45, 7) is 6.24. The Morgan fingerprint density at radius 1 is 1.25 bits per heavy atom. The molecule has 2 rings (SSSR count). The third kappa shape index (κ3) is 3.28. The maximum atomic E-state index is 9.03. The van der Waals surface area contributed by atoms with Gasteiger partial charge in [-0.15, -0.1) is 0 Å². The van der Waals surface area contributed by atoms with E-state index >= 15 is 0 Å². The molecule has 0 fully saturated rings. The molecule has 0 aliphatic heterocycles. The van der Waals surface area contributed by atoms with Crippen LogP contribution in [-0.2, 0) is 5.54 Å². The van der Waals surface area contributed by atoms with Gasteiger partial charge in [0, 0.05) is 29.0 Å². The molecule has 102 valence electrons. The molecule has 0 unspecified atom stereocenters. The maximum absolute atomic E-state index is 9.03. The van der Waals surface area contributed by atoms with Gasteiger partial charge in [-0.05, 0) is 38.5 Å². The van der Waals surface area contributed by atoms with Crippen molar-refractivity contribution in [3.63, 3.8) is 0 Å². The lowest BCUT2D eigenvalue weighted by Gasteiger charge is -2.22. The summed E-state index contributed by atoms with van der Waals surface area (Å²) < 4.78 is 2.00. The third-order valence-corrected chi connectivity index (χ3v) is 3.12. The second-order valence-electron chi connectivity index (χ2n) is 5.55. The lowest BCUT2D eigenvalue weighted by Crippen LogP contribution is -2.20. The van der Waals surface area contributed by atoms with Gasteiger partial charge >= 0.3 is 0 Å². The Morgan fingerprint density at radius 3 is 2.45 bits per heavy atom. The van der Waals surface area contributed by atoms with Crippen molar-refractivity contribution in [2.24, 2.45) is 4.99 Å². The van der Waals surface area contributed by atoms with E-state index in [2.05, 4.69) is 31.8 Å². The monoisotopic (exact) mass is 285 g/mol. The molecule has 4 heteroatoms. The first-order valence-electron chi connectivity index (χ1n) is 6.33. The topological polar surface area (TPSA) is 41.1 Å². The van der Waals surface area contributed by atoms with Crippen LogP contribution in [0.2, 0.25) is 5.02 Å². The molecule has 0 spiro atoms. The molecule has 1 heterocycles. The molecular weight excluding hydrogens is 270 g/mol. The van der Waals surface area contributed by atoms with Gasteiger partial charge in [0.1, 0.15) is 11.9 Å². The van der Waals surface area contributed by atoms with E-state index in [4.69, 9.17) is 16.9 Å². The summed E-state index contributed by atoms with van der Waals surface area (Å²) in [6.07, 6.45) is 3.60. The first-order valence-corrected chi connectivity index (χ1v) is 6.70. The molecule has 0 aliphatic rings. The number of benzene rings is 1. The van der Waals surface area contributed by atoms with E-state index in [1.54, 1.807) is 12.3 Å². The first-order chi connectivity index (χ1) is 9.40. The molecule has 0 saturated carbocycles. The molecule has 0 saturated heterocycles. The van der Waals surface area contributed by atoms with Crippen LogP contribution in [0.4, 0.5) is 5.82 Å². The van der Waals surface area contributed by atoms with Gasteiger partial charge in [-0.2, -0.15) is 5.26 Å². The standard InChI is InChI=1S/C16H16ClN3/c1-16(2,3)20-11-13(9-18)8-15(20)19-10-12-4-6-14(17)7-5-12/h4-8,10-11H,1-3H3/b19-10+. The van der Waals surface area contributed by atoms with Crippen molar-refractivity contribution in [2.45, 2.75) is 26.3 Å². The lowest BCUT2D eigenvalue weighted by molar-refractivity contribution is 0.402. The third-order valence-electron chi connectivity index (χ3n) is 2.87. The fourth-order valence-electron chi connectivity index (χ4n) is 1.84. The smallest absolute Gasteiger partial charge is 0.134 e. The number of halogens is 1. The van der Waals surface area contributed by atoms with Gasteiger partial charge in [0.25, 0.3) is 0 Å². The van der Waals surface area contributed by atoms with Crippen LogP contribution < -0.4 is 0 Å². The van der Waals surface area contributed by atoms with Crippen molar-refractivity contribution in [1.82, 2.24) is 4.57 Å². The number of nitrogens with zero attached hydrogens (tertiary/aromatic N) is 3. The fourth-order valence-corrected chi connectivity index (χ4v) is 1.96. The molecule has 1 aromatic heterocycles. The Labute approximate surface area is 124 Å². The molecule has 0 N–H and O–H groups in total. The predicted octanol–water partition coefficient (Wildman–Crippen LogP) is 4.52. The van der Waals surface area contributed by atoms with Crippen LogP contribution in [-0.4, -0.2) is 10.8 Å². The highest BCUT2D eigenvalue weighted by Crippen LogP contribution is 2.26. The average Bonchev–Trinajstić information content (AvgIpc) is 2.81. The Hall–Kier alpha value is -2.05. The number of hydrogen-bond donors (Lipinski definition) is 0. The van der Waals surface area contributed by atoms with Crippen molar-refractivity contribution in [3.8, 4) is 6.07 Å². The average molecular weight is 286 g/mol. The number of hydrogen-bond acceptors (Lipinski definition) is 2. The van der Waals surface area contributed by atoms with E-state index in [9.17, 15) is 0 Å². The van der Waals surface area contributed by atoms with Crippen molar-refractivity contribution in [2.75, 3.05) is 0 Å². The summed E-state index contributed by atoms with van der Waals surface area (Å²) >= 11 is 5.85. The van der Waals surface area contributed by atoms with Crippen molar-refractivity contribution >= 4 is 23.6 Å². The van der Waals surface area contributed by atoms with E-state index in [1.165, 1.54) is 0 Å². The predicted molar refractivity (Wildman–Crippen MR) is 82.8 cm³/mol. The Kier molecular flexibility index (Phi) is 3.96. The minimum atomic E-state index is -0.123. The minimum absolute atomic E-state index is 0.123. The maximum Gasteiger partial charge on any atom is 0.134 e. The first kappa shape index (κ1) is 14.4. The summed E-state index contributed by atoms with van der Waals surface area (Å²) in [7, 11) is 0. The SMILES string of the molecule is CC(C)(C)n1cc(C#N)cc1/N=C/c1ccc(Cl)cc1. The highest BCUT2D eigenvalue weighted by molar-refractivity contribution is 6.30. The summed E-state index contributed by atoms with van der Waals surface area (Å²) in [4.78, 5) is 4.48. The van der Waals surface area contributed by atoms with Gasteiger partial charge in [-0.1, -0.05) is 23.7 Å². The van der Waals surface area contributed by atoms with Gasteiger partial charge in [-0.25, -0.2) is 4.99 Å². The van der Waals surface area contributed by atoms with Crippen molar-refractivity contribution < 1.29 is 0 Å². The minimum Gasteiger partial charge on any atom is -0.326 e. The Bertz CT molecular complexity index is 667. The highest BCUT2D eigenvalue weighted by atomic mass is 35.5. The molecule has 0 atom stereocenters. The van der Waals surface area contributed by atoms with E-state index in [-0.39, 0.29) is 5.54 Å². The van der Waals surface area contributed by atoms with Crippen molar-refractivity contribution in [3.05, 3.63) is 52.7 Å². The van der Waals surface area contributed by atoms with Crippen LogP contribution in [0.3, 0.4) is 0 Å². The largest absolute Gasteiger partial charge is 0.326 e. The summed E-state index contributed by atoms with van der Waals surface area (Å²) in [6, 6.07) is 11.4. The second kappa shape index (κ2) is 5.52. The van der Waals surface area contributed by atoms with Gasteiger partial charge in [0.15, 0.2) is 0 Å². The van der Waals surface area contributed by atoms with Crippen LogP contribution in [0.15, 0.2) is 41.5 Å². The van der Waals surface area contributed by atoms with Gasteiger partial charge in [0.05, 0.1) is 5.56 Å². The molecule has 0 amide bonds. The van der Waals surface area contributed by atoms with Gasteiger partial charge < -0.3 is 4.57 Å². The molecular formula is C16H16ClN3. The fraction of sp³-hybridized carbons (Fsp3) is 0.250. The molecule has 20 heavy (non-hydrogen) atoms. The van der Waals surface area contributed by atoms with E-state index in [0.29, 0.717) is 10.6 Å². The molecule has 1 aromatic carbocycles. The van der Waals surface area contributed by atoms with Crippen LogP contribution in [0.5, 0.6) is 0 Å². The van der Waals surface area contributed by atoms with Crippen LogP contribution in [0.1, 0.15) is 31.9 Å². The molecule has 0 aliphatic carbocycles. The number of rotatable bonds is 2. The van der Waals surface area contributed by atoms with Gasteiger partial charge in [0.2, 0.25) is 0 Å². The van der Waals surface area contributed by atoms with E-state index < -0.39 is 0 Å². The molecule has 0 bridgehead atoms. The quantitative estimate of drug-likeness (QED) is 0.748. The summed E-state index contributed by atoms with van der Waals surface area (Å²) in [5.74, 6) is 0.768. The highest BCUT2D eigenvalue weighted by Gasteiger charge is 2.17. The van der Waals surface area contributed by atoms with Gasteiger partial charge in [-0.3, -0.25) is 0 Å². The van der Waals surface area contributed by atoms with Crippen LogP contribution in [0.25, 0.3) is 0 Å². The normalized spacial score (nSPS) is 11.8. The zero-order valence-corrected chi connectivity index (χ0v) is 12.5. The lowest BCUT2D eigenvalue weighted by atomic mass is 10.1. The van der Waals surface area contributed by atoms with E-state index in [0.717, 1.165) is 11.4 Å². The zero-order valence-electron chi connectivity index (χ0n) is 11.8. The molecule has 0 radical (unpaired) electrons. The van der Waals surface area contributed by atoms with Crippen LogP contribution >= 0.6 is 11.6 Å². The van der Waals surface area contributed by atoms with Crippen molar-refractivity contribution in [1.29, 1.82) is 5.26 Å². The number of aromatic nitrogens is 1. The number of aliphatic imine (C=N–C) groups is 1. The Morgan fingerprint density at radius 2 is 1.90 bits per heavy atom. The summed E-state index contributed by atoms with van der Waals surface area (Å²) in [5, 5.41) is 9.73. The zero-order chi connectivity index (χ0) is 14.8. The number of nitriles is 1. The summed E-state index contributed by atoms with van der Waals surface area (Å²) in [5.41, 5.74) is 1.46. The van der Waals surface area contributed by atoms with E-state index in [1.807, 2.05) is 35.0 Å². The van der Waals surface area contributed by atoms with Crippen LogP contribution in [0, 0.1) is 11.3 Å².